The number of amides is 1. The predicted molar refractivity (Wildman–Crippen MR) is 87.3 cm³/mol. The van der Waals surface area contributed by atoms with Gasteiger partial charge in [0.2, 0.25) is 5.91 Å². The van der Waals surface area contributed by atoms with Gasteiger partial charge in [-0.15, -0.1) is 0 Å². The van der Waals surface area contributed by atoms with E-state index >= 15 is 0 Å². The SMILES string of the molecule is COc1cc(/C=C(/C(N)=O)[C@@]2(N)O[C@@H](C)[C@H](O)[C@@H](O)[C@H]2O)ccc1O. The van der Waals surface area contributed by atoms with E-state index in [4.69, 9.17) is 20.9 Å². The van der Waals surface area contributed by atoms with E-state index in [1.165, 1.54) is 38.3 Å². The first kappa shape index (κ1) is 19.2. The fraction of sp³-hybridized carbons (Fsp3) is 0.438. The first-order valence-corrected chi connectivity index (χ1v) is 7.51. The second-order valence-corrected chi connectivity index (χ2v) is 5.90. The van der Waals surface area contributed by atoms with Gasteiger partial charge < -0.3 is 35.6 Å². The molecule has 1 amide bonds. The fourth-order valence-electron chi connectivity index (χ4n) is 2.72. The number of phenols is 1. The molecular weight excluding hydrogens is 332 g/mol. The van der Waals surface area contributed by atoms with E-state index in [9.17, 15) is 25.2 Å². The number of phenolic OH excluding ortho intramolecular Hbond substituents is 1. The van der Waals surface area contributed by atoms with E-state index in [2.05, 4.69) is 0 Å². The quantitative estimate of drug-likeness (QED) is 0.352. The Kier molecular flexibility index (Phi) is 5.35. The summed E-state index contributed by atoms with van der Waals surface area (Å²) >= 11 is 0. The number of hydrogen-bond acceptors (Lipinski definition) is 8. The Morgan fingerprint density at radius 1 is 1.32 bits per heavy atom. The van der Waals surface area contributed by atoms with Gasteiger partial charge in [-0.05, 0) is 30.7 Å². The fourth-order valence-corrected chi connectivity index (χ4v) is 2.72. The molecule has 0 aromatic heterocycles. The summed E-state index contributed by atoms with van der Waals surface area (Å²) < 4.78 is 10.4. The van der Waals surface area contributed by atoms with Gasteiger partial charge in [-0.1, -0.05) is 6.07 Å². The molecule has 0 bridgehead atoms. The maximum absolute atomic E-state index is 11.9. The van der Waals surface area contributed by atoms with Crippen LogP contribution in [-0.2, 0) is 9.53 Å². The number of benzene rings is 1. The van der Waals surface area contributed by atoms with Gasteiger partial charge in [0.1, 0.15) is 18.3 Å². The lowest BCUT2D eigenvalue weighted by Gasteiger charge is -2.46. The predicted octanol–water partition coefficient (Wildman–Crippen LogP) is -1.57. The monoisotopic (exact) mass is 354 g/mol. The number of aliphatic hydroxyl groups excluding tert-OH is 3. The number of carbonyl (C=O) groups excluding carboxylic acids is 1. The number of rotatable bonds is 4. The van der Waals surface area contributed by atoms with E-state index in [0.29, 0.717) is 5.56 Å². The van der Waals surface area contributed by atoms with Crippen molar-refractivity contribution in [2.24, 2.45) is 11.5 Å². The topological polar surface area (TPSA) is 168 Å². The van der Waals surface area contributed by atoms with Gasteiger partial charge in [-0.3, -0.25) is 10.5 Å². The average Bonchev–Trinajstić information content (AvgIpc) is 2.57. The summed E-state index contributed by atoms with van der Waals surface area (Å²) in [6.45, 7) is 1.43. The van der Waals surface area contributed by atoms with Crippen LogP contribution in [0, 0.1) is 0 Å². The molecule has 2 rings (SSSR count). The Morgan fingerprint density at radius 2 is 1.96 bits per heavy atom. The van der Waals surface area contributed by atoms with E-state index < -0.39 is 36.0 Å². The summed E-state index contributed by atoms with van der Waals surface area (Å²) in [6, 6.07) is 4.23. The lowest BCUT2D eigenvalue weighted by atomic mass is 9.85. The van der Waals surface area contributed by atoms with E-state index in [1.54, 1.807) is 0 Å². The molecule has 9 nitrogen and oxygen atoms in total. The summed E-state index contributed by atoms with van der Waals surface area (Å²) in [7, 11) is 1.36. The summed E-state index contributed by atoms with van der Waals surface area (Å²) in [5, 5.41) is 39.6. The zero-order chi connectivity index (χ0) is 18.9. The number of hydrogen-bond donors (Lipinski definition) is 6. The Labute approximate surface area is 144 Å². The molecule has 1 fully saturated rings. The second-order valence-electron chi connectivity index (χ2n) is 5.90. The zero-order valence-corrected chi connectivity index (χ0v) is 13.8. The average molecular weight is 354 g/mol. The van der Waals surface area contributed by atoms with Crippen molar-refractivity contribution < 1.29 is 34.7 Å². The maximum Gasteiger partial charge on any atom is 0.249 e. The third kappa shape index (κ3) is 3.46. The molecule has 1 aromatic carbocycles. The normalized spacial score (nSPS) is 33.1. The second kappa shape index (κ2) is 6.98. The van der Waals surface area contributed by atoms with Crippen molar-refractivity contribution in [3.8, 4) is 11.5 Å². The lowest BCUT2D eigenvalue weighted by molar-refractivity contribution is -0.248. The van der Waals surface area contributed by atoms with E-state index in [1.807, 2.05) is 0 Å². The largest absolute Gasteiger partial charge is 0.504 e. The van der Waals surface area contributed by atoms with Gasteiger partial charge in [-0.25, -0.2) is 0 Å². The molecule has 1 aliphatic heterocycles. The number of nitrogens with two attached hydrogens (primary N) is 2. The first-order chi connectivity index (χ1) is 11.6. The minimum atomic E-state index is -2.13. The maximum atomic E-state index is 11.9. The van der Waals surface area contributed by atoms with Crippen molar-refractivity contribution in [2.75, 3.05) is 7.11 Å². The third-order valence-electron chi connectivity index (χ3n) is 4.18. The Morgan fingerprint density at radius 3 is 2.52 bits per heavy atom. The molecule has 1 aliphatic rings. The van der Waals surface area contributed by atoms with E-state index in [0.717, 1.165) is 0 Å². The number of primary amides is 1. The van der Waals surface area contributed by atoms with Gasteiger partial charge in [-0.2, -0.15) is 0 Å². The first-order valence-electron chi connectivity index (χ1n) is 7.51. The minimum Gasteiger partial charge on any atom is -0.504 e. The van der Waals surface area contributed by atoms with Crippen molar-refractivity contribution in [3.63, 3.8) is 0 Å². The van der Waals surface area contributed by atoms with Crippen LogP contribution in [0.4, 0.5) is 0 Å². The van der Waals surface area contributed by atoms with Crippen molar-refractivity contribution >= 4 is 12.0 Å². The lowest BCUT2D eigenvalue weighted by Crippen LogP contribution is -2.69. The number of aromatic hydroxyl groups is 1. The summed E-state index contributed by atoms with van der Waals surface area (Å²) in [4.78, 5) is 11.9. The van der Waals surface area contributed by atoms with Crippen LogP contribution in [0.5, 0.6) is 11.5 Å². The summed E-state index contributed by atoms with van der Waals surface area (Å²) in [6.07, 6.45) is -4.51. The summed E-state index contributed by atoms with van der Waals surface area (Å²) in [5.41, 5.74) is 9.37. The Balaban J connectivity index is 2.52. The van der Waals surface area contributed by atoms with Crippen LogP contribution in [0.2, 0.25) is 0 Å². The van der Waals surface area contributed by atoms with Crippen LogP contribution >= 0.6 is 0 Å². The molecule has 0 spiro atoms. The van der Waals surface area contributed by atoms with Gasteiger partial charge in [0, 0.05) is 0 Å². The van der Waals surface area contributed by atoms with E-state index in [-0.39, 0.29) is 17.1 Å². The Bertz CT molecular complexity index is 693. The summed E-state index contributed by atoms with van der Waals surface area (Å²) in [5.74, 6) is -0.939. The van der Waals surface area contributed by atoms with Crippen molar-refractivity contribution in [2.45, 2.75) is 37.1 Å². The van der Waals surface area contributed by atoms with Crippen LogP contribution in [0.25, 0.3) is 6.08 Å². The van der Waals surface area contributed by atoms with Crippen LogP contribution in [-0.4, -0.2) is 63.6 Å². The number of carbonyl (C=O) groups is 1. The smallest absolute Gasteiger partial charge is 0.249 e. The molecule has 25 heavy (non-hydrogen) atoms. The number of ether oxygens (including phenoxy) is 2. The molecule has 1 heterocycles. The van der Waals surface area contributed by atoms with Crippen LogP contribution in [0.3, 0.4) is 0 Å². The zero-order valence-electron chi connectivity index (χ0n) is 13.8. The van der Waals surface area contributed by atoms with Crippen LogP contribution in [0.1, 0.15) is 12.5 Å². The molecular formula is C16H22N2O7. The van der Waals surface area contributed by atoms with Crippen molar-refractivity contribution in [1.82, 2.24) is 0 Å². The molecule has 138 valence electrons. The highest BCUT2D eigenvalue weighted by atomic mass is 16.6. The molecule has 9 heteroatoms. The minimum absolute atomic E-state index is 0.108. The molecule has 0 aliphatic carbocycles. The highest BCUT2D eigenvalue weighted by Crippen LogP contribution is 2.34. The van der Waals surface area contributed by atoms with Crippen molar-refractivity contribution in [1.29, 1.82) is 0 Å². The van der Waals surface area contributed by atoms with Gasteiger partial charge in [0.15, 0.2) is 17.2 Å². The number of aliphatic hydroxyl groups is 3. The van der Waals surface area contributed by atoms with Crippen LogP contribution in [0.15, 0.2) is 23.8 Å². The van der Waals surface area contributed by atoms with Crippen LogP contribution < -0.4 is 16.2 Å². The molecule has 1 saturated heterocycles. The van der Waals surface area contributed by atoms with Gasteiger partial charge >= 0.3 is 0 Å². The standard InChI is InChI=1S/C16H22N2O7/c1-7-12(20)13(21)14(22)16(18,25-7)9(15(17)23)5-8-3-4-10(19)11(6-8)24-2/h3-7,12-14,19-22H,18H2,1-2H3,(H2,17,23)/b9-5-/t7-,12-,13+,14+,16+/m0/s1. The molecule has 0 radical (unpaired) electrons. The highest BCUT2D eigenvalue weighted by molar-refractivity contribution is 5.99. The highest BCUT2D eigenvalue weighted by Gasteiger charge is 2.53. The molecule has 8 N–H and O–H groups in total. The molecule has 0 saturated carbocycles. The molecule has 0 unspecified atom stereocenters. The Hall–Kier alpha value is -2.17. The molecule has 1 aromatic rings. The van der Waals surface area contributed by atoms with Crippen molar-refractivity contribution in [3.05, 3.63) is 29.3 Å². The van der Waals surface area contributed by atoms with Gasteiger partial charge in [0.25, 0.3) is 0 Å². The molecule has 5 atom stereocenters. The van der Waals surface area contributed by atoms with Gasteiger partial charge in [0.05, 0.1) is 18.8 Å². The third-order valence-corrected chi connectivity index (χ3v) is 4.18. The number of methoxy groups -OCH3 is 1.